The third-order valence-corrected chi connectivity index (χ3v) is 0.902. The summed E-state index contributed by atoms with van der Waals surface area (Å²) in [7, 11) is 0. The molecule has 0 saturated heterocycles. The Kier molecular flexibility index (Phi) is 1.22. The third-order valence-electron chi connectivity index (χ3n) is 0.902. The summed E-state index contributed by atoms with van der Waals surface area (Å²) in [5.41, 5.74) is 0. The lowest BCUT2D eigenvalue weighted by atomic mass is 10.2. The normalized spacial score (nSPS) is 18.9. The quantitative estimate of drug-likeness (QED) is 0.430. The molecular weight excluding hydrogens is 122 g/mol. The van der Waals surface area contributed by atoms with E-state index in [1.165, 1.54) is 0 Å². The standard InChI is InChI=1S/C5H5NO3/c7-3-1-4(8)6-5(9)2-3/h1,7H,2H2,(H,6,8,9). The lowest BCUT2D eigenvalue weighted by Gasteiger charge is -2.05. The van der Waals surface area contributed by atoms with E-state index in [4.69, 9.17) is 5.11 Å². The van der Waals surface area contributed by atoms with Crippen LogP contribution in [-0.2, 0) is 9.59 Å². The number of aliphatic hydroxyl groups is 1. The molecule has 0 radical (unpaired) electrons. The molecule has 0 spiro atoms. The first-order chi connectivity index (χ1) is 4.18. The van der Waals surface area contributed by atoms with Crippen molar-refractivity contribution in [2.45, 2.75) is 6.42 Å². The van der Waals surface area contributed by atoms with Crippen LogP contribution in [0.2, 0.25) is 0 Å². The van der Waals surface area contributed by atoms with Gasteiger partial charge < -0.3 is 5.11 Å². The molecular formula is C5H5NO3. The van der Waals surface area contributed by atoms with Crippen LogP contribution in [-0.4, -0.2) is 16.9 Å². The van der Waals surface area contributed by atoms with Crippen LogP contribution in [0.25, 0.3) is 0 Å². The van der Waals surface area contributed by atoms with Gasteiger partial charge in [-0.2, -0.15) is 0 Å². The fourth-order valence-electron chi connectivity index (χ4n) is 0.585. The van der Waals surface area contributed by atoms with Crippen molar-refractivity contribution < 1.29 is 14.7 Å². The maximum absolute atomic E-state index is 10.4. The highest BCUT2D eigenvalue weighted by Crippen LogP contribution is 1.99. The first-order valence-electron chi connectivity index (χ1n) is 2.42. The summed E-state index contributed by atoms with van der Waals surface area (Å²) in [6, 6.07) is 0. The fraction of sp³-hybridized carbons (Fsp3) is 0.200. The van der Waals surface area contributed by atoms with E-state index in [-0.39, 0.29) is 12.2 Å². The average molecular weight is 127 g/mol. The molecule has 0 aromatic heterocycles. The van der Waals surface area contributed by atoms with E-state index in [0.717, 1.165) is 6.08 Å². The second kappa shape index (κ2) is 1.89. The van der Waals surface area contributed by atoms with Crippen molar-refractivity contribution in [3.05, 3.63) is 11.8 Å². The molecule has 4 nitrogen and oxygen atoms in total. The number of imide groups is 1. The lowest BCUT2D eigenvalue weighted by Crippen LogP contribution is -2.32. The topological polar surface area (TPSA) is 66.4 Å². The van der Waals surface area contributed by atoms with E-state index in [2.05, 4.69) is 0 Å². The van der Waals surface area contributed by atoms with Crippen LogP contribution >= 0.6 is 0 Å². The Balaban J connectivity index is 2.79. The van der Waals surface area contributed by atoms with Crippen LogP contribution in [0.5, 0.6) is 0 Å². The summed E-state index contributed by atoms with van der Waals surface area (Å²) >= 11 is 0. The SMILES string of the molecule is O=C1C=C(O)CC(=O)N1. The molecule has 1 rings (SSSR count). The Hall–Kier alpha value is -1.32. The average Bonchev–Trinajstić information content (AvgIpc) is 1.59. The molecule has 0 aromatic rings. The smallest absolute Gasteiger partial charge is 0.253 e. The van der Waals surface area contributed by atoms with Gasteiger partial charge in [0.25, 0.3) is 5.91 Å². The van der Waals surface area contributed by atoms with Crippen LogP contribution in [0, 0.1) is 0 Å². The van der Waals surface area contributed by atoms with E-state index in [9.17, 15) is 9.59 Å². The van der Waals surface area contributed by atoms with E-state index < -0.39 is 11.8 Å². The van der Waals surface area contributed by atoms with Crippen molar-refractivity contribution in [1.29, 1.82) is 0 Å². The monoisotopic (exact) mass is 127 g/mol. The highest BCUT2D eigenvalue weighted by atomic mass is 16.3. The largest absolute Gasteiger partial charge is 0.512 e. The minimum absolute atomic E-state index is 0.0915. The highest BCUT2D eigenvalue weighted by molar-refractivity contribution is 6.04. The highest BCUT2D eigenvalue weighted by Gasteiger charge is 2.14. The molecule has 0 aromatic carbocycles. The number of rotatable bonds is 0. The fourth-order valence-corrected chi connectivity index (χ4v) is 0.585. The van der Waals surface area contributed by atoms with Gasteiger partial charge >= 0.3 is 0 Å². The van der Waals surface area contributed by atoms with Gasteiger partial charge in [-0.05, 0) is 0 Å². The summed E-state index contributed by atoms with van der Waals surface area (Å²) in [6.45, 7) is 0. The third kappa shape index (κ3) is 1.28. The summed E-state index contributed by atoms with van der Waals surface area (Å²) in [6.07, 6.45) is 0.896. The van der Waals surface area contributed by atoms with Crippen molar-refractivity contribution >= 4 is 11.8 Å². The Labute approximate surface area is 51.2 Å². The molecule has 1 aliphatic heterocycles. The molecule has 1 aliphatic rings. The molecule has 0 aliphatic carbocycles. The summed E-state index contributed by atoms with van der Waals surface area (Å²) in [4.78, 5) is 20.7. The summed E-state index contributed by atoms with van der Waals surface area (Å²) in [5.74, 6) is -1.19. The van der Waals surface area contributed by atoms with E-state index in [0.29, 0.717) is 0 Å². The number of aliphatic hydroxyl groups excluding tert-OH is 1. The Morgan fingerprint density at radius 3 is 2.67 bits per heavy atom. The molecule has 0 atom stereocenters. The van der Waals surface area contributed by atoms with Gasteiger partial charge in [-0.15, -0.1) is 0 Å². The molecule has 0 fully saturated rings. The van der Waals surface area contributed by atoms with Crippen LogP contribution in [0.4, 0.5) is 0 Å². The van der Waals surface area contributed by atoms with Gasteiger partial charge in [0, 0.05) is 6.08 Å². The zero-order valence-corrected chi connectivity index (χ0v) is 4.55. The van der Waals surface area contributed by atoms with Crippen LogP contribution in [0.3, 0.4) is 0 Å². The van der Waals surface area contributed by atoms with Crippen molar-refractivity contribution in [3.8, 4) is 0 Å². The Morgan fingerprint density at radius 1 is 1.56 bits per heavy atom. The van der Waals surface area contributed by atoms with Crippen LogP contribution < -0.4 is 5.32 Å². The van der Waals surface area contributed by atoms with Gasteiger partial charge in [0.05, 0.1) is 6.42 Å². The maximum atomic E-state index is 10.4. The molecule has 2 N–H and O–H groups in total. The van der Waals surface area contributed by atoms with Crippen molar-refractivity contribution in [1.82, 2.24) is 5.32 Å². The van der Waals surface area contributed by atoms with E-state index in [1.807, 2.05) is 5.32 Å². The molecule has 48 valence electrons. The molecule has 0 unspecified atom stereocenters. The molecule has 0 saturated carbocycles. The summed E-state index contributed by atoms with van der Waals surface area (Å²) in [5, 5.41) is 10.6. The zero-order chi connectivity index (χ0) is 6.85. The number of hydrogen-bond acceptors (Lipinski definition) is 3. The van der Waals surface area contributed by atoms with Crippen LogP contribution in [0.15, 0.2) is 11.8 Å². The number of carbonyl (C=O) groups is 2. The van der Waals surface area contributed by atoms with Crippen molar-refractivity contribution in [2.24, 2.45) is 0 Å². The number of hydrogen-bond donors (Lipinski definition) is 2. The zero-order valence-electron chi connectivity index (χ0n) is 4.55. The molecule has 0 bridgehead atoms. The Morgan fingerprint density at radius 2 is 2.22 bits per heavy atom. The second-order valence-electron chi connectivity index (χ2n) is 1.72. The van der Waals surface area contributed by atoms with Gasteiger partial charge in [-0.25, -0.2) is 0 Å². The number of amides is 2. The molecule has 9 heavy (non-hydrogen) atoms. The number of nitrogens with one attached hydrogen (secondary N) is 1. The van der Waals surface area contributed by atoms with E-state index >= 15 is 0 Å². The van der Waals surface area contributed by atoms with Gasteiger partial charge in [-0.1, -0.05) is 0 Å². The first-order valence-corrected chi connectivity index (χ1v) is 2.42. The van der Waals surface area contributed by atoms with Crippen molar-refractivity contribution in [3.63, 3.8) is 0 Å². The van der Waals surface area contributed by atoms with Gasteiger partial charge in [0.2, 0.25) is 5.91 Å². The lowest BCUT2D eigenvalue weighted by molar-refractivity contribution is -0.128. The molecule has 4 heteroatoms. The molecule has 1 heterocycles. The van der Waals surface area contributed by atoms with Gasteiger partial charge in [-0.3, -0.25) is 14.9 Å². The minimum atomic E-state index is -0.552. The van der Waals surface area contributed by atoms with Gasteiger partial charge in [0.1, 0.15) is 5.76 Å². The Bertz CT molecular complexity index is 194. The van der Waals surface area contributed by atoms with Crippen molar-refractivity contribution in [2.75, 3.05) is 0 Å². The van der Waals surface area contributed by atoms with E-state index in [1.54, 1.807) is 0 Å². The minimum Gasteiger partial charge on any atom is -0.512 e. The van der Waals surface area contributed by atoms with Crippen LogP contribution in [0.1, 0.15) is 6.42 Å². The maximum Gasteiger partial charge on any atom is 0.253 e. The predicted octanol–water partition coefficient (Wildman–Crippen LogP) is -0.525. The number of carbonyl (C=O) groups excluding carboxylic acids is 2. The van der Waals surface area contributed by atoms with Gasteiger partial charge in [0.15, 0.2) is 0 Å². The predicted molar refractivity (Wildman–Crippen MR) is 28.5 cm³/mol. The molecule has 2 amide bonds. The first kappa shape index (κ1) is 5.81. The second-order valence-corrected chi connectivity index (χ2v) is 1.72. The summed E-state index contributed by atoms with van der Waals surface area (Å²) < 4.78 is 0.